The lowest BCUT2D eigenvalue weighted by Gasteiger charge is -2.19. The monoisotopic (exact) mass is 488 g/mol. The van der Waals surface area contributed by atoms with Crippen molar-refractivity contribution in [3.05, 3.63) is 77.4 Å². The molecule has 0 aliphatic rings. The van der Waals surface area contributed by atoms with E-state index in [4.69, 9.17) is 4.74 Å². The van der Waals surface area contributed by atoms with Gasteiger partial charge in [-0.1, -0.05) is 30.3 Å². The molecule has 2 aromatic heterocycles. The average Bonchev–Trinajstić information content (AvgIpc) is 3.43. The lowest BCUT2D eigenvalue weighted by Crippen LogP contribution is -2.30. The molecule has 0 aliphatic heterocycles. The van der Waals surface area contributed by atoms with Crippen LogP contribution in [0.2, 0.25) is 0 Å². The SMILES string of the molecule is COCC(=O)Nc1cc(C(=O)N(C)CCn2nc(C)cc2C)cc2ncn(CCc3ccccc3)c12. The number of imidazole rings is 1. The molecule has 0 saturated carbocycles. The van der Waals surface area contributed by atoms with Crippen molar-refractivity contribution in [3.63, 3.8) is 0 Å². The molecule has 0 aliphatic carbocycles. The number of benzene rings is 2. The third-order valence-corrected chi connectivity index (χ3v) is 6.09. The fraction of sp³-hybridized carbons (Fsp3) is 0.333. The molecule has 9 heteroatoms. The maximum Gasteiger partial charge on any atom is 0.253 e. The normalized spacial score (nSPS) is 11.1. The third-order valence-electron chi connectivity index (χ3n) is 6.09. The summed E-state index contributed by atoms with van der Waals surface area (Å²) in [5.74, 6) is -0.448. The number of nitrogens with zero attached hydrogens (tertiary/aromatic N) is 5. The van der Waals surface area contributed by atoms with Gasteiger partial charge in [-0.05, 0) is 44.0 Å². The fourth-order valence-corrected chi connectivity index (χ4v) is 4.28. The number of aromatic nitrogens is 4. The van der Waals surface area contributed by atoms with Crippen LogP contribution in [-0.4, -0.2) is 63.4 Å². The van der Waals surface area contributed by atoms with Gasteiger partial charge in [-0.15, -0.1) is 0 Å². The van der Waals surface area contributed by atoms with Crippen molar-refractivity contribution in [2.45, 2.75) is 33.4 Å². The minimum atomic E-state index is -0.294. The molecule has 188 valence electrons. The Morgan fingerprint density at radius 1 is 1.08 bits per heavy atom. The van der Waals surface area contributed by atoms with E-state index in [1.807, 2.05) is 47.4 Å². The van der Waals surface area contributed by atoms with E-state index in [-0.39, 0.29) is 18.4 Å². The van der Waals surface area contributed by atoms with Crippen LogP contribution in [0.4, 0.5) is 5.69 Å². The van der Waals surface area contributed by atoms with E-state index in [0.29, 0.717) is 36.4 Å². The van der Waals surface area contributed by atoms with Gasteiger partial charge in [0.1, 0.15) is 6.61 Å². The molecular weight excluding hydrogens is 456 g/mol. The second-order valence-electron chi connectivity index (χ2n) is 8.92. The first-order valence-electron chi connectivity index (χ1n) is 11.9. The number of hydrogen-bond acceptors (Lipinski definition) is 5. The standard InChI is InChI=1S/C27H32N6O3/c1-19-14-20(2)33(30-19)13-12-31(3)27(35)22-15-23-26(24(16-22)29-25(34)17-36-4)32(18-28-23)11-10-21-8-6-5-7-9-21/h5-9,14-16,18H,10-13,17H2,1-4H3,(H,29,34). The first kappa shape index (κ1) is 25.1. The minimum Gasteiger partial charge on any atom is -0.375 e. The number of hydrogen-bond donors (Lipinski definition) is 1. The Hall–Kier alpha value is -3.98. The largest absolute Gasteiger partial charge is 0.375 e. The summed E-state index contributed by atoms with van der Waals surface area (Å²) in [5, 5.41) is 7.37. The first-order chi connectivity index (χ1) is 17.4. The van der Waals surface area contributed by atoms with Crippen LogP contribution < -0.4 is 5.32 Å². The molecule has 0 saturated heterocycles. The zero-order valence-corrected chi connectivity index (χ0v) is 21.2. The van der Waals surface area contributed by atoms with Gasteiger partial charge in [0.25, 0.3) is 5.91 Å². The number of carbonyl (C=O) groups is 2. The summed E-state index contributed by atoms with van der Waals surface area (Å²) in [4.78, 5) is 31.9. The molecule has 0 atom stereocenters. The van der Waals surface area contributed by atoms with E-state index >= 15 is 0 Å². The predicted molar refractivity (Wildman–Crippen MR) is 139 cm³/mol. The Morgan fingerprint density at radius 3 is 2.56 bits per heavy atom. The molecule has 0 unspecified atom stereocenters. The van der Waals surface area contributed by atoms with E-state index in [9.17, 15) is 9.59 Å². The van der Waals surface area contributed by atoms with Crippen LogP contribution >= 0.6 is 0 Å². The predicted octanol–water partition coefficient (Wildman–Crippen LogP) is 3.45. The lowest BCUT2D eigenvalue weighted by atomic mass is 10.1. The lowest BCUT2D eigenvalue weighted by molar-refractivity contribution is -0.119. The van der Waals surface area contributed by atoms with E-state index in [2.05, 4.69) is 27.5 Å². The topological polar surface area (TPSA) is 94.3 Å². The average molecular weight is 489 g/mol. The quantitative estimate of drug-likeness (QED) is 0.369. The highest BCUT2D eigenvalue weighted by atomic mass is 16.5. The van der Waals surface area contributed by atoms with Crippen LogP contribution in [0.3, 0.4) is 0 Å². The second-order valence-corrected chi connectivity index (χ2v) is 8.92. The zero-order chi connectivity index (χ0) is 25.7. The van der Waals surface area contributed by atoms with Crippen molar-refractivity contribution in [1.82, 2.24) is 24.2 Å². The maximum absolute atomic E-state index is 13.3. The number of nitrogens with one attached hydrogen (secondary N) is 1. The molecule has 4 rings (SSSR count). The van der Waals surface area contributed by atoms with Gasteiger partial charge in [0.05, 0.1) is 35.3 Å². The molecule has 0 fully saturated rings. The maximum atomic E-state index is 13.3. The number of ether oxygens (including phenoxy) is 1. The summed E-state index contributed by atoms with van der Waals surface area (Å²) < 4.78 is 8.89. The summed E-state index contributed by atoms with van der Waals surface area (Å²) in [6.45, 7) is 5.64. The van der Waals surface area contributed by atoms with Crippen molar-refractivity contribution in [1.29, 1.82) is 0 Å². The highest BCUT2D eigenvalue weighted by Gasteiger charge is 2.19. The Labute approximate surface area is 210 Å². The number of carbonyl (C=O) groups excluding carboxylic acids is 2. The van der Waals surface area contributed by atoms with E-state index in [1.54, 1.807) is 30.4 Å². The van der Waals surface area contributed by atoms with Gasteiger partial charge in [-0.2, -0.15) is 5.10 Å². The van der Waals surface area contributed by atoms with Crippen LogP contribution in [0.1, 0.15) is 27.3 Å². The Balaban J connectivity index is 1.59. The van der Waals surface area contributed by atoms with E-state index < -0.39 is 0 Å². The minimum absolute atomic E-state index is 0.0830. The number of methoxy groups -OCH3 is 1. The molecule has 2 amide bonds. The van der Waals surface area contributed by atoms with Gasteiger partial charge in [-0.3, -0.25) is 14.3 Å². The van der Waals surface area contributed by atoms with Gasteiger partial charge in [0.15, 0.2) is 0 Å². The van der Waals surface area contributed by atoms with Crippen molar-refractivity contribution in [3.8, 4) is 0 Å². The molecule has 0 bridgehead atoms. The van der Waals surface area contributed by atoms with Gasteiger partial charge in [0, 0.05) is 38.5 Å². The number of anilines is 1. The molecule has 1 N–H and O–H groups in total. The Kier molecular flexibility index (Phi) is 7.80. The number of likely N-dealkylation sites (N-methyl/N-ethyl adjacent to an activating group) is 1. The fourth-order valence-electron chi connectivity index (χ4n) is 4.28. The molecule has 9 nitrogen and oxygen atoms in total. The highest BCUT2D eigenvalue weighted by molar-refractivity contribution is 6.05. The Morgan fingerprint density at radius 2 is 1.86 bits per heavy atom. The molecular formula is C27H32N6O3. The van der Waals surface area contributed by atoms with Gasteiger partial charge >= 0.3 is 0 Å². The molecule has 0 radical (unpaired) electrons. The van der Waals surface area contributed by atoms with E-state index in [0.717, 1.165) is 23.3 Å². The molecule has 4 aromatic rings. The molecule has 0 spiro atoms. The zero-order valence-electron chi connectivity index (χ0n) is 21.2. The first-order valence-corrected chi connectivity index (χ1v) is 11.9. The van der Waals surface area contributed by atoms with Crippen molar-refractivity contribution >= 4 is 28.5 Å². The smallest absolute Gasteiger partial charge is 0.253 e. The van der Waals surface area contributed by atoms with Gasteiger partial charge in [-0.25, -0.2) is 4.98 Å². The van der Waals surface area contributed by atoms with Crippen LogP contribution in [0.25, 0.3) is 11.0 Å². The van der Waals surface area contributed by atoms with Crippen molar-refractivity contribution in [2.75, 3.05) is 32.6 Å². The molecule has 36 heavy (non-hydrogen) atoms. The second kappa shape index (κ2) is 11.2. The summed E-state index contributed by atoms with van der Waals surface area (Å²) in [5.41, 5.74) is 5.63. The van der Waals surface area contributed by atoms with Crippen LogP contribution in [-0.2, 0) is 29.0 Å². The summed E-state index contributed by atoms with van der Waals surface area (Å²) >= 11 is 0. The molecule has 2 aromatic carbocycles. The van der Waals surface area contributed by atoms with Crippen molar-refractivity contribution in [2.24, 2.45) is 0 Å². The van der Waals surface area contributed by atoms with Gasteiger partial charge in [0.2, 0.25) is 5.91 Å². The summed E-state index contributed by atoms with van der Waals surface area (Å²) in [6.07, 6.45) is 2.56. The summed E-state index contributed by atoms with van der Waals surface area (Å²) in [6, 6.07) is 15.7. The number of amides is 2. The van der Waals surface area contributed by atoms with Crippen LogP contribution in [0, 0.1) is 13.8 Å². The number of rotatable bonds is 10. The van der Waals surface area contributed by atoms with Gasteiger partial charge < -0.3 is 19.5 Å². The summed E-state index contributed by atoms with van der Waals surface area (Å²) in [7, 11) is 3.23. The van der Waals surface area contributed by atoms with Crippen LogP contribution in [0.5, 0.6) is 0 Å². The number of aryl methyl sites for hydroxylation is 4. The third kappa shape index (κ3) is 5.80. The Bertz CT molecular complexity index is 1360. The van der Waals surface area contributed by atoms with Crippen molar-refractivity contribution < 1.29 is 14.3 Å². The van der Waals surface area contributed by atoms with Crippen LogP contribution in [0.15, 0.2) is 54.9 Å². The highest BCUT2D eigenvalue weighted by Crippen LogP contribution is 2.26. The van der Waals surface area contributed by atoms with E-state index in [1.165, 1.54) is 12.7 Å². The molecule has 2 heterocycles. The number of fused-ring (bicyclic) bond motifs is 1.